The van der Waals surface area contributed by atoms with E-state index in [9.17, 15) is 9.90 Å². The highest BCUT2D eigenvalue weighted by molar-refractivity contribution is 5.79. The van der Waals surface area contributed by atoms with E-state index in [-0.39, 0.29) is 17.7 Å². The first-order chi connectivity index (χ1) is 7.66. The van der Waals surface area contributed by atoms with Crippen LogP contribution >= 0.6 is 0 Å². The Morgan fingerprint density at radius 3 is 2.81 bits per heavy atom. The van der Waals surface area contributed by atoms with Gasteiger partial charge in [-0.15, -0.1) is 0 Å². The van der Waals surface area contributed by atoms with Crippen LogP contribution in [0.2, 0.25) is 0 Å². The van der Waals surface area contributed by atoms with Crippen LogP contribution in [0.5, 0.6) is 5.75 Å². The Kier molecular flexibility index (Phi) is 3.10. The molecular formula is C12H16N2O2. The van der Waals surface area contributed by atoms with Crippen LogP contribution in [-0.2, 0) is 11.2 Å². The summed E-state index contributed by atoms with van der Waals surface area (Å²) in [6.07, 6.45) is 0.815. The number of hydrogen-bond donors (Lipinski definition) is 2. The van der Waals surface area contributed by atoms with Crippen molar-refractivity contribution in [2.24, 2.45) is 0 Å². The van der Waals surface area contributed by atoms with E-state index in [1.807, 2.05) is 19.2 Å². The van der Waals surface area contributed by atoms with Crippen molar-refractivity contribution in [2.75, 3.05) is 20.1 Å². The summed E-state index contributed by atoms with van der Waals surface area (Å²) < 4.78 is 0. The molecule has 0 bridgehead atoms. The summed E-state index contributed by atoms with van der Waals surface area (Å²) in [6.45, 7) is 1.26. The van der Waals surface area contributed by atoms with Crippen LogP contribution in [0.15, 0.2) is 24.3 Å². The van der Waals surface area contributed by atoms with Crippen LogP contribution in [0, 0.1) is 0 Å². The molecule has 1 atom stereocenters. The Morgan fingerprint density at radius 1 is 1.44 bits per heavy atom. The van der Waals surface area contributed by atoms with E-state index in [2.05, 4.69) is 5.32 Å². The average molecular weight is 220 g/mol. The third-order valence-corrected chi connectivity index (χ3v) is 3.00. The van der Waals surface area contributed by atoms with E-state index in [4.69, 9.17) is 0 Å². The molecule has 0 aromatic heterocycles. The summed E-state index contributed by atoms with van der Waals surface area (Å²) in [5, 5.41) is 12.3. The number of rotatable bonds is 2. The smallest absolute Gasteiger partial charge is 0.236 e. The lowest BCUT2D eigenvalue weighted by Crippen LogP contribution is -2.53. The summed E-state index contributed by atoms with van der Waals surface area (Å²) in [5.74, 6) is 0.407. The summed E-state index contributed by atoms with van der Waals surface area (Å²) >= 11 is 0. The zero-order chi connectivity index (χ0) is 11.5. The molecule has 4 nitrogen and oxygen atoms in total. The molecule has 1 unspecified atom stereocenters. The fourth-order valence-electron chi connectivity index (χ4n) is 1.92. The fourth-order valence-corrected chi connectivity index (χ4v) is 1.92. The van der Waals surface area contributed by atoms with Crippen molar-refractivity contribution in [1.29, 1.82) is 0 Å². The third-order valence-electron chi connectivity index (χ3n) is 3.00. The Morgan fingerprint density at radius 2 is 2.12 bits per heavy atom. The number of hydrogen-bond acceptors (Lipinski definition) is 3. The summed E-state index contributed by atoms with van der Waals surface area (Å²) in [5.41, 5.74) is 1.13. The van der Waals surface area contributed by atoms with Gasteiger partial charge in [-0.1, -0.05) is 12.1 Å². The molecule has 0 spiro atoms. The van der Waals surface area contributed by atoms with Gasteiger partial charge in [0.1, 0.15) is 5.75 Å². The molecule has 86 valence electrons. The molecule has 1 amide bonds. The van der Waals surface area contributed by atoms with Crippen LogP contribution in [0.3, 0.4) is 0 Å². The molecule has 4 heteroatoms. The van der Waals surface area contributed by atoms with Crippen molar-refractivity contribution < 1.29 is 9.90 Å². The number of phenols is 1. The molecule has 2 N–H and O–H groups in total. The molecule has 1 heterocycles. The minimum atomic E-state index is 0.134. The van der Waals surface area contributed by atoms with E-state index in [0.717, 1.165) is 18.5 Å². The van der Waals surface area contributed by atoms with E-state index in [1.54, 1.807) is 17.0 Å². The molecule has 0 aliphatic carbocycles. The number of carbonyl (C=O) groups excluding carboxylic acids is 1. The number of carbonyl (C=O) groups is 1. The first-order valence-corrected chi connectivity index (χ1v) is 5.41. The summed E-state index contributed by atoms with van der Waals surface area (Å²) in [6, 6.07) is 7.33. The lowest BCUT2D eigenvalue weighted by Gasteiger charge is -2.33. The largest absolute Gasteiger partial charge is 0.508 e. The highest BCUT2D eigenvalue weighted by Gasteiger charge is 2.24. The lowest BCUT2D eigenvalue weighted by molar-refractivity contribution is -0.133. The Labute approximate surface area is 94.9 Å². The Bertz CT molecular complexity index is 375. The molecule has 1 aromatic carbocycles. The molecule has 1 saturated heterocycles. The molecule has 1 aromatic rings. The maximum absolute atomic E-state index is 11.5. The predicted molar refractivity (Wildman–Crippen MR) is 61.2 cm³/mol. The van der Waals surface area contributed by atoms with E-state index in [0.29, 0.717) is 6.54 Å². The number of nitrogens with one attached hydrogen (secondary N) is 1. The van der Waals surface area contributed by atoms with Gasteiger partial charge < -0.3 is 15.3 Å². The molecule has 1 fully saturated rings. The topological polar surface area (TPSA) is 52.6 Å². The highest BCUT2D eigenvalue weighted by Crippen LogP contribution is 2.14. The van der Waals surface area contributed by atoms with Crippen molar-refractivity contribution in [2.45, 2.75) is 12.5 Å². The Balaban J connectivity index is 2.03. The van der Waals surface area contributed by atoms with Gasteiger partial charge in [0, 0.05) is 19.6 Å². The number of phenolic OH excluding ortho intramolecular Hbond substituents is 1. The van der Waals surface area contributed by atoms with Gasteiger partial charge in [-0.25, -0.2) is 0 Å². The second kappa shape index (κ2) is 4.53. The molecule has 0 radical (unpaired) electrons. The second-order valence-electron chi connectivity index (χ2n) is 4.16. The second-order valence-corrected chi connectivity index (χ2v) is 4.16. The van der Waals surface area contributed by atoms with Gasteiger partial charge in [0.2, 0.25) is 5.91 Å². The summed E-state index contributed by atoms with van der Waals surface area (Å²) in [7, 11) is 1.84. The molecule has 0 saturated carbocycles. The van der Waals surface area contributed by atoms with Gasteiger partial charge in [0.15, 0.2) is 0 Å². The number of piperazine rings is 1. The SMILES string of the molecule is CN1C(=O)CNCC1Cc1ccc(O)cc1. The number of nitrogens with zero attached hydrogens (tertiary/aromatic N) is 1. The minimum Gasteiger partial charge on any atom is -0.508 e. The van der Waals surface area contributed by atoms with Crippen molar-refractivity contribution in [3.8, 4) is 5.75 Å². The highest BCUT2D eigenvalue weighted by atomic mass is 16.3. The maximum Gasteiger partial charge on any atom is 0.236 e. The summed E-state index contributed by atoms with van der Waals surface area (Å²) in [4.78, 5) is 13.3. The molecule has 1 aliphatic rings. The zero-order valence-corrected chi connectivity index (χ0v) is 9.31. The van der Waals surface area contributed by atoms with Gasteiger partial charge in [-0.3, -0.25) is 4.79 Å². The lowest BCUT2D eigenvalue weighted by atomic mass is 10.0. The zero-order valence-electron chi connectivity index (χ0n) is 9.31. The number of amides is 1. The van der Waals surface area contributed by atoms with Crippen LogP contribution in [-0.4, -0.2) is 42.1 Å². The van der Waals surface area contributed by atoms with Crippen LogP contribution in [0.1, 0.15) is 5.56 Å². The van der Waals surface area contributed by atoms with E-state index in [1.165, 1.54) is 0 Å². The van der Waals surface area contributed by atoms with Crippen LogP contribution < -0.4 is 5.32 Å². The number of aromatic hydroxyl groups is 1. The van der Waals surface area contributed by atoms with E-state index < -0.39 is 0 Å². The van der Waals surface area contributed by atoms with Gasteiger partial charge in [0.05, 0.1) is 6.54 Å². The van der Waals surface area contributed by atoms with Crippen molar-refractivity contribution >= 4 is 5.91 Å². The van der Waals surface area contributed by atoms with Crippen molar-refractivity contribution in [3.05, 3.63) is 29.8 Å². The first kappa shape index (κ1) is 11.0. The van der Waals surface area contributed by atoms with E-state index >= 15 is 0 Å². The normalized spacial score (nSPS) is 21.2. The minimum absolute atomic E-state index is 0.134. The maximum atomic E-state index is 11.5. The molecule has 2 rings (SSSR count). The third kappa shape index (κ3) is 2.33. The predicted octanol–water partition coefficient (Wildman–Crippen LogP) is 0.365. The molecule has 1 aliphatic heterocycles. The van der Waals surface area contributed by atoms with Crippen molar-refractivity contribution in [1.82, 2.24) is 10.2 Å². The standard InChI is InChI=1S/C12H16N2O2/c1-14-10(7-13-8-12(14)16)6-9-2-4-11(15)5-3-9/h2-5,10,13,15H,6-8H2,1H3. The number of likely N-dealkylation sites (N-methyl/N-ethyl adjacent to an activating group) is 1. The van der Waals surface area contributed by atoms with Gasteiger partial charge in [-0.05, 0) is 24.1 Å². The number of benzene rings is 1. The fraction of sp³-hybridized carbons (Fsp3) is 0.417. The van der Waals surface area contributed by atoms with Gasteiger partial charge in [0.25, 0.3) is 0 Å². The monoisotopic (exact) mass is 220 g/mol. The molecule has 16 heavy (non-hydrogen) atoms. The molecular weight excluding hydrogens is 204 g/mol. The van der Waals surface area contributed by atoms with Gasteiger partial charge in [-0.2, -0.15) is 0 Å². The first-order valence-electron chi connectivity index (χ1n) is 5.41. The quantitative estimate of drug-likeness (QED) is 0.757. The Hall–Kier alpha value is -1.55. The van der Waals surface area contributed by atoms with Crippen LogP contribution in [0.4, 0.5) is 0 Å². The average Bonchev–Trinajstić information content (AvgIpc) is 2.28. The van der Waals surface area contributed by atoms with Gasteiger partial charge >= 0.3 is 0 Å². The van der Waals surface area contributed by atoms with Crippen LogP contribution in [0.25, 0.3) is 0 Å². The van der Waals surface area contributed by atoms with Crippen molar-refractivity contribution in [3.63, 3.8) is 0 Å².